The fourth-order valence-electron chi connectivity index (χ4n) is 2.46. The second-order valence-corrected chi connectivity index (χ2v) is 6.36. The van der Waals surface area contributed by atoms with Gasteiger partial charge in [0.15, 0.2) is 0 Å². The fraction of sp³-hybridized carbons (Fsp3) is 0.133. The number of hydrogen-bond acceptors (Lipinski definition) is 3. The van der Waals surface area contributed by atoms with Crippen molar-refractivity contribution >= 4 is 28.5 Å². The molecule has 0 saturated carbocycles. The van der Waals surface area contributed by atoms with Crippen LogP contribution in [0.1, 0.15) is 5.56 Å². The molecule has 7 heteroatoms. The molecule has 3 rings (SSSR count). The predicted molar refractivity (Wildman–Crippen MR) is 84.2 cm³/mol. The molecule has 1 aliphatic rings. The molecule has 1 aromatic heterocycles. The van der Waals surface area contributed by atoms with Crippen LogP contribution < -0.4 is 4.48 Å². The Bertz CT molecular complexity index is 763. The monoisotopic (exact) mass is 363 g/mol. The quantitative estimate of drug-likeness (QED) is 0.464. The SMILES string of the molecule is C[N+]1(c2ccnc(F)n2)C(c2ccccc2)=NC=C(F)C1[AsH2]. The summed E-state index contributed by atoms with van der Waals surface area (Å²) < 4.78 is 27.6. The Morgan fingerprint density at radius 2 is 1.86 bits per heavy atom. The zero-order chi connectivity index (χ0) is 15.7. The van der Waals surface area contributed by atoms with Gasteiger partial charge in [-0.25, -0.2) is 0 Å². The van der Waals surface area contributed by atoms with Crippen molar-refractivity contribution in [3.05, 3.63) is 66.3 Å². The number of aliphatic imine (C=N–C) groups is 1. The molecule has 0 radical (unpaired) electrons. The number of rotatable bonds is 2. The van der Waals surface area contributed by atoms with Crippen molar-refractivity contribution in [2.45, 2.75) is 4.83 Å². The fourth-order valence-corrected chi connectivity index (χ4v) is 3.26. The number of hydrogen-bond donors (Lipinski definition) is 0. The van der Waals surface area contributed by atoms with Gasteiger partial charge in [-0.1, -0.05) is 0 Å². The van der Waals surface area contributed by atoms with Crippen molar-refractivity contribution in [3.63, 3.8) is 0 Å². The first-order valence-electron chi connectivity index (χ1n) is 6.63. The molecule has 112 valence electrons. The van der Waals surface area contributed by atoms with E-state index in [1.807, 2.05) is 30.3 Å². The molecular weight excluding hydrogens is 349 g/mol. The summed E-state index contributed by atoms with van der Waals surface area (Å²) in [4.78, 5) is 11.1. The molecule has 0 aliphatic carbocycles. The predicted octanol–water partition coefficient (Wildman–Crippen LogP) is 1.78. The maximum absolute atomic E-state index is 14.2. The van der Waals surface area contributed by atoms with E-state index in [4.69, 9.17) is 0 Å². The molecule has 0 amide bonds. The van der Waals surface area contributed by atoms with Gasteiger partial charge in [-0.15, -0.1) is 0 Å². The summed E-state index contributed by atoms with van der Waals surface area (Å²) in [6.07, 6.45) is 1.73. The maximum atomic E-state index is 14.2. The number of benzene rings is 1. The van der Waals surface area contributed by atoms with Gasteiger partial charge in [-0.2, -0.15) is 0 Å². The van der Waals surface area contributed by atoms with Gasteiger partial charge in [0.05, 0.1) is 0 Å². The summed E-state index contributed by atoms with van der Waals surface area (Å²) in [6.45, 7) is 0. The molecular formula is C15H14AsF2N4+. The molecule has 0 fully saturated rings. The van der Waals surface area contributed by atoms with Gasteiger partial charge >= 0.3 is 135 Å². The van der Waals surface area contributed by atoms with E-state index >= 15 is 0 Å². The summed E-state index contributed by atoms with van der Waals surface area (Å²) in [7, 11) is 1.78. The molecule has 22 heavy (non-hydrogen) atoms. The molecule has 0 N–H and O–H groups in total. The van der Waals surface area contributed by atoms with Gasteiger partial charge in [0.25, 0.3) is 0 Å². The van der Waals surface area contributed by atoms with Crippen molar-refractivity contribution in [2.24, 2.45) is 4.99 Å². The Morgan fingerprint density at radius 1 is 1.14 bits per heavy atom. The zero-order valence-corrected chi connectivity index (χ0v) is 14.2. The van der Waals surface area contributed by atoms with Crippen LogP contribution in [0.2, 0.25) is 0 Å². The van der Waals surface area contributed by atoms with Gasteiger partial charge in [0.1, 0.15) is 0 Å². The van der Waals surface area contributed by atoms with Crippen molar-refractivity contribution in [1.82, 2.24) is 14.5 Å². The molecule has 3 unspecified atom stereocenters. The van der Waals surface area contributed by atoms with Crippen LogP contribution in [0, 0.1) is 6.08 Å². The van der Waals surface area contributed by atoms with Crippen LogP contribution in [-0.4, -0.2) is 44.5 Å². The third-order valence-corrected chi connectivity index (χ3v) is 5.63. The van der Waals surface area contributed by atoms with Crippen molar-refractivity contribution in [1.29, 1.82) is 0 Å². The summed E-state index contributed by atoms with van der Waals surface area (Å²) in [5, 5.41) is 0. The van der Waals surface area contributed by atoms with E-state index < -0.39 is 10.9 Å². The van der Waals surface area contributed by atoms with E-state index in [2.05, 4.69) is 15.0 Å². The van der Waals surface area contributed by atoms with Gasteiger partial charge in [-0.3, -0.25) is 0 Å². The van der Waals surface area contributed by atoms with Crippen LogP contribution in [0.25, 0.3) is 0 Å². The Hall–Kier alpha value is -1.91. The molecule has 2 heterocycles. The van der Waals surface area contributed by atoms with E-state index in [0.29, 0.717) is 11.7 Å². The summed E-state index contributed by atoms with van der Waals surface area (Å²) in [5.41, 5.74) is 0.843. The van der Waals surface area contributed by atoms with E-state index in [0.717, 1.165) is 5.56 Å². The van der Waals surface area contributed by atoms with Gasteiger partial charge < -0.3 is 0 Å². The van der Waals surface area contributed by atoms with Crippen molar-refractivity contribution in [3.8, 4) is 0 Å². The Kier molecular flexibility index (Phi) is 3.89. The Morgan fingerprint density at radius 3 is 2.55 bits per heavy atom. The first-order chi connectivity index (χ1) is 10.5. The molecule has 4 nitrogen and oxygen atoms in total. The third-order valence-electron chi connectivity index (χ3n) is 3.71. The Labute approximate surface area is 135 Å². The van der Waals surface area contributed by atoms with E-state index in [-0.39, 0.29) is 10.3 Å². The van der Waals surface area contributed by atoms with Gasteiger partial charge in [-0.05, 0) is 0 Å². The second-order valence-electron chi connectivity index (χ2n) is 5.04. The number of amidine groups is 1. The number of quaternary nitrogens is 1. The van der Waals surface area contributed by atoms with Gasteiger partial charge in [0.2, 0.25) is 0 Å². The third kappa shape index (κ3) is 2.38. The summed E-state index contributed by atoms with van der Waals surface area (Å²) in [6, 6.07) is 11.0. The average molecular weight is 363 g/mol. The number of likely N-dealkylation sites (N-methyl/N-ethyl adjacent to an activating group) is 1. The molecule has 1 aromatic carbocycles. The van der Waals surface area contributed by atoms with E-state index in [9.17, 15) is 8.78 Å². The van der Waals surface area contributed by atoms with Crippen LogP contribution in [0.3, 0.4) is 0 Å². The molecule has 1 aliphatic heterocycles. The first kappa shape index (κ1) is 15.0. The number of nitrogens with zero attached hydrogens (tertiary/aromatic N) is 4. The van der Waals surface area contributed by atoms with Crippen LogP contribution in [0.4, 0.5) is 14.6 Å². The zero-order valence-electron chi connectivity index (χ0n) is 11.8. The average Bonchev–Trinajstić information content (AvgIpc) is 2.53. The Balaban J connectivity index is 2.21. The molecule has 2 aromatic rings. The van der Waals surface area contributed by atoms with Crippen LogP contribution in [0.5, 0.6) is 0 Å². The normalized spacial score (nSPS) is 24.6. The number of aromatic nitrogens is 2. The molecule has 3 atom stereocenters. The summed E-state index contributed by atoms with van der Waals surface area (Å²) >= 11 is 1.19. The van der Waals surface area contributed by atoms with Crippen LogP contribution in [0.15, 0.2) is 59.6 Å². The van der Waals surface area contributed by atoms with Crippen LogP contribution in [-0.2, 0) is 0 Å². The van der Waals surface area contributed by atoms with Crippen molar-refractivity contribution in [2.75, 3.05) is 7.05 Å². The molecule has 0 saturated heterocycles. The van der Waals surface area contributed by atoms with Crippen molar-refractivity contribution < 1.29 is 8.78 Å². The number of halogens is 2. The molecule has 0 spiro atoms. The standard InChI is InChI=1S/C15H14AsF2N4/c1-22(12-7-8-19-15(18)21-12)13(16)11(17)9-20-14(22)10-5-3-2-4-6-10/h2-9,13H,16H2,1H3/q+1. The van der Waals surface area contributed by atoms with Gasteiger partial charge in [0, 0.05) is 0 Å². The van der Waals surface area contributed by atoms with Crippen LogP contribution >= 0.6 is 0 Å². The topological polar surface area (TPSA) is 38.1 Å². The minimum absolute atomic E-state index is 0.0359. The second kappa shape index (κ2) is 5.70. The minimum atomic E-state index is -0.834. The van der Waals surface area contributed by atoms with E-state index in [1.165, 1.54) is 29.2 Å². The molecule has 0 bridgehead atoms. The van der Waals surface area contributed by atoms with E-state index in [1.54, 1.807) is 13.1 Å². The first-order valence-corrected chi connectivity index (χ1v) is 8.03. The summed E-state index contributed by atoms with van der Waals surface area (Å²) in [5.74, 6) is 0.642.